The fourth-order valence-electron chi connectivity index (χ4n) is 2.67. The summed E-state index contributed by atoms with van der Waals surface area (Å²) in [6.07, 6.45) is 0. The number of benzene rings is 2. The molecule has 2 amide bonds. The fraction of sp³-hybridized carbons (Fsp3) is 0.364. The minimum Gasteiger partial charge on any atom is -0.484 e. The third kappa shape index (κ3) is 7.18. The molecule has 2 aromatic rings. The van der Waals surface area contributed by atoms with Gasteiger partial charge in [-0.2, -0.15) is 0 Å². The van der Waals surface area contributed by atoms with E-state index in [1.807, 2.05) is 32.9 Å². The van der Waals surface area contributed by atoms with Gasteiger partial charge in [-0.15, -0.1) is 0 Å². The summed E-state index contributed by atoms with van der Waals surface area (Å²) in [5.74, 6) is -0.0813. The number of nitrogens with zero attached hydrogens (tertiary/aromatic N) is 1. The van der Waals surface area contributed by atoms with Crippen LogP contribution >= 0.6 is 39.1 Å². The molecule has 0 aromatic heterocycles. The van der Waals surface area contributed by atoms with E-state index >= 15 is 0 Å². The Balaban J connectivity index is 2.23. The van der Waals surface area contributed by atoms with E-state index in [9.17, 15) is 9.59 Å². The maximum atomic E-state index is 13.0. The van der Waals surface area contributed by atoms with Crippen LogP contribution in [0.25, 0.3) is 0 Å². The summed E-state index contributed by atoms with van der Waals surface area (Å²) in [5.41, 5.74) is 0.143. The first kappa shape index (κ1) is 24.5. The van der Waals surface area contributed by atoms with E-state index < -0.39 is 11.6 Å². The van der Waals surface area contributed by atoms with Gasteiger partial charge in [0, 0.05) is 32.2 Å². The van der Waals surface area contributed by atoms with Crippen molar-refractivity contribution in [1.82, 2.24) is 10.2 Å². The third-order valence-electron chi connectivity index (χ3n) is 4.23. The van der Waals surface area contributed by atoms with Crippen LogP contribution in [0, 0.1) is 0 Å². The average molecular weight is 516 g/mol. The summed E-state index contributed by atoms with van der Waals surface area (Å²) in [5, 5.41) is 3.76. The van der Waals surface area contributed by atoms with E-state index in [0.717, 1.165) is 4.47 Å². The SMILES string of the molecule is CC(C(=O)NC(C)(C)C)N(Cc1c(Cl)cccc1Cl)C(=O)COc1ccc(Br)cc1. The molecule has 0 radical (unpaired) electrons. The molecular weight excluding hydrogens is 491 g/mol. The number of amides is 2. The van der Waals surface area contributed by atoms with Crippen molar-refractivity contribution >= 4 is 50.9 Å². The summed E-state index contributed by atoms with van der Waals surface area (Å²) in [6.45, 7) is 7.17. The molecular formula is C22H25BrCl2N2O3. The molecule has 0 aliphatic rings. The lowest BCUT2D eigenvalue weighted by molar-refractivity contribution is -0.142. The lowest BCUT2D eigenvalue weighted by atomic mass is 10.1. The first-order valence-electron chi connectivity index (χ1n) is 9.40. The number of nitrogens with one attached hydrogen (secondary N) is 1. The first-order chi connectivity index (χ1) is 14.0. The number of rotatable bonds is 7. The molecule has 0 aliphatic carbocycles. The number of carbonyl (C=O) groups is 2. The van der Waals surface area contributed by atoms with Crippen molar-refractivity contribution in [2.45, 2.75) is 45.8 Å². The second-order valence-corrected chi connectivity index (χ2v) is 9.61. The van der Waals surface area contributed by atoms with Gasteiger partial charge in [-0.3, -0.25) is 9.59 Å². The molecule has 1 N–H and O–H groups in total. The smallest absolute Gasteiger partial charge is 0.261 e. The maximum absolute atomic E-state index is 13.0. The number of hydrogen-bond donors (Lipinski definition) is 1. The lowest BCUT2D eigenvalue weighted by Gasteiger charge is -2.31. The maximum Gasteiger partial charge on any atom is 0.261 e. The van der Waals surface area contributed by atoms with Crippen LogP contribution in [0.15, 0.2) is 46.9 Å². The Kier molecular flexibility index (Phi) is 8.59. The van der Waals surface area contributed by atoms with E-state index in [-0.39, 0.29) is 25.0 Å². The molecule has 1 unspecified atom stereocenters. The van der Waals surface area contributed by atoms with Crippen LogP contribution in [0.1, 0.15) is 33.3 Å². The van der Waals surface area contributed by atoms with Crippen molar-refractivity contribution in [3.05, 3.63) is 62.5 Å². The van der Waals surface area contributed by atoms with Crippen LogP contribution in [0.3, 0.4) is 0 Å². The van der Waals surface area contributed by atoms with Crippen molar-refractivity contribution in [3.63, 3.8) is 0 Å². The lowest BCUT2D eigenvalue weighted by Crippen LogP contribution is -2.53. The average Bonchev–Trinajstić information content (AvgIpc) is 2.65. The third-order valence-corrected chi connectivity index (χ3v) is 5.47. The Morgan fingerprint density at radius 1 is 1.10 bits per heavy atom. The predicted octanol–water partition coefficient (Wildman–Crippen LogP) is 5.47. The molecule has 0 saturated carbocycles. The largest absolute Gasteiger partial charge is 0.484 e. The van der Waals surface area contributed by atoms with Gasteiger partial charge >= 0.3 is 0 Å². The zero-order valence-corrected chi connectivity index (χ0v) is 20.4. The number of carbonyl (C=O) groups excluding carboxylic acids is 2. The topological polar surface area (TPSA) is 58.6 Å². The van der Waals surface area contributed by atoms with Crippen LogP contribution in [0.5, 0.6) is 5.75 Å². The summed E-state index contributed by atoms with van der Waals surface area (Å²) >= 11 is 16.0. The van der Waals surface area contributed by atoms with Gasteiger partial charge in [0.15, 0.2) is 6.61 Å². The molecule has 30 heavy (non-hydrogen) atoms. The molecule has 1 atom stereocenters. The molecule has 0 fully saturated rings. The summed E-state index contributed by atoms with van der Waals surface area (Å²) in [4.78, 5) is 27.2. The molecule has 0 saturated heterocycles. The van der Waals surface area contributed by atoms with Crippen molar-refractivity contribution < 1.29 is 14.3 Å². The van der Waals surface area contributed by atoms with E-state index in [1.54, 1.807) is 37.3 Å². The van der Waals surface area contributed by atoms with Gasteiger partial charge in [-0.25, -0.2) is 0 Å². The minimum absolute atomic E-state index is 0.0831. The normalized spacial score (nSPS) is 12.2. The Bertz CT molecular complexity index is 878. The van der Waals surface area contributed by atoms with Gasteiger partial charge in [0.05, 0.1) is 0 Å². The molecule has 0 bridgehead atoms. The van der Waals surface area contributed by atoms with Crippen molar-refractivity contribution in [1.29, 1.82) is 0 Å². The summed E-state index contributed by atoms with van der Waals surface area (Å²) in [7, 11) is 0. The van der Waals surface area contributed by atoms with Crippen LogP contribution < -0.4 is 10.1 Å². The van der Waals surface area contributed by atoms with E-state index in [1.165, 1.54) is 4.90 Å². The zero-order valence-electron chi connectivity index (χ0n) is 17.3. The van der Waals surface area contributed by atoms with Gasteiger partial charge < -0.3 is 15.0 Å². The summed E-state index contributed by atoms with van der Waals surface area (Å²) in [6, 6.07) is 11.5. The first-order valence-corrected chi connectivity index (χ1v) is 11.0. The van der Waals surface area contributed by atoms with Crippen LogP contribution in [-0.2, 0) is 16.1 Å². The second-order valence-electron chi connectivity index (χ2n) is 7.88. The molecule has 5 nitrogen and oxygen atoms in total. The quantitative estimate of drug-likeness (QED) is 0.532. The Hall–Kier alpha value is -1.76. The van der Waals surface area contributed by atoms with Crippen molar-refractivity contribution in [2.75, 3.05) is 6.61 Å². The van der Waals surface area contributed by atoms with Crippen LogP contribution in [0.2, 0.25) is 10.0 Å². The van der Waals surface area contributed by atoms with Gasteiger partial charge in [0.2, 0.25) is 5.91 Å². The molecule has 2 rings (SSSR count). The second kappa shape index (κ2) is 10.5. The molecule has 0 aliphatic heterocycles. The van der Waals surface area contributed by atoms with Gasteiger partial charge in [0.25, 0.3) is 5.91 Å². The Morgan fingerprint density at radius 2 is 1.67 bits per heavy atom. The highest BCUT2D eigenvalue weighted by Gasteiger charge is 2.29. The highest BCUT2D eigenvalue weighted by atomic mass is 79.9. The van der Waals surface area contributed by atoms with Crippen molar-refractivity contribution in [2.24, 2.45) is 0 Å². The monoisotopic (exact) mass is 514 g/mol. The highest BCUT2D eigenvalue weighted by molar-refractivity contribution is 9.10. The summed E-state index contributed by atoms with van der Waals surface area (Å²) < 4.78 is 6.53. The number of halogens is 3. The zero-order chi connectivity index (χ0) is 22.5. The van der Waals surface area contributed by atoms with Gasteiger partial charge in [-0.05, 0) is 64.1 Å². The van der Waals surface area contributed by atoms with E-state index in [0.29, 0.717) is 21.4 Å². The molecule has 0 spiro atoms. The molecule has 162 valence electrons. The minimum atomic E-state index is -0.752. The Labute approximate surface area is 195 Å². The highest BCUT2D eigenvalue weighted by Crippen LogP contribution is 2.27. The number of hydrogen-bond acceptors (Lipinski definition) is 3. The molecule has 2 aromatic carbocycles. The number of ether oxygens (including phenoxy) is 1. The molecule has 0 heterocycles. The van der Waals surface area contributed by atoms with Crippen LogP contribution in [-0.4, -0.2) is 34.9 Å². The van der Waals surface area contributed by atoms with Crippen LogP contribution in [0.4, 0.5) is 0 Å². The standard InChI is InChI=1S/C22H25BrCl2N2O3/c1-14(21(29)26-22(2,3)4)27(12-17-18(24)6-5-7-19(17)25)20(28)13-30-16-10-8-15(23)9-11-16/h5-11,14H,12-13H2,1-4H3,(H,26,29). The van der Waals surface area contributed by atoms with Crippen molar-refractivity contribution in [3.8, 4) is 5.75 Å². The van der Waals surface area contributed by atoms with E-state index in [2.05, 4.69) is 21.2 Å². The van der Waals surface area contributed by atoms with E-state index in [4.69, 9.17) is 27.9 Å². The Morgan fingerprint density at radius 3 is 2.20 bits per heavy atom. The van der Waals surface area contributed by atoms with Gasteiger partial charge in [-0.1, -0.05) is 45.2 Å². The fourth-order valence-corrected chi connectivity index (χ4v) is 3.45. The predicted molar refractivity (Wildman–Crippen MR) is 124 cm³/mol. The molecule has 8 heteroatoms. The van der Waals surface area contributed by atoms with Gasteiger partial charge in [0.1, 0.15) is 11.8 Å².